The van der Waals surface area contributed by atoms with Gasteiger partial charge in [-0.2, -0.15) is 0 Å². The minimum atomic E-state index is -3.78. The molecule has 68 valence electrons. The Balaban J connectivity index is 2.87. The Morgan fingerprint density at radius 2 is 1.92 bits per heavy atom. The first-order valence-electron chi connectivity index (χ1n) is 3.50. The van der Waals surface area contributed by atoms with E-state index in [1.54, 1.807) is 24.3 Å². The number of hydrogen-bond donors (Lipinski definition) is 0. The summed E-state index contributed by atoms with van der Waals surface area (Å²) < 4.78 is 26.8. The van der Waals surface area contributed by atoms with Crippen LogP contribution >= 0.6 is 10.7 Å². The molecule has 0 bridgehead atoms. The summed E-state index contributed by atoms with van der Waals surface area (Å²) in [7, 11) is 1.38. The van der Waals surface area contributed by atoms with Gasteiger partial charge in [0.25, 0.3) is 9.05 Å². The summed E-state index contributed by atoms with van der Waals surface area (Å²) in [5.41, 5.74) is 0. The summed E-state index contributed by atoms with van der Waals surface area (Å²) in [6.45, 7) is 0. The molecule has 1 aromatic heterocycles. The van der Waals surface area contributed by atoms with Crippen LogP contribution in [0, 0.1) is 0 Å². The van der Waals surface area contributed by atoms with E-state index in [9.17, 15) is 8.42 Å². The molecular weight excluding hydrogens is 212 g/mol. The fraction of sp³-hybridized carbons (Fsp3) is 0. The smallest absolute Gasteiger partial charge is 0.295 e. The van der Waals surface area contributed by atoms with E-state index < -0.39 is 9.05 Å². The molecule has 0 saturated carbocycles. The highest BCUT2D eigenvalue weighted by atomic mass is 35.7. The summed E-state index contributed by atoms with van der Waals surface area (Å²) in [5.74, 6) is 0. The monoisotopic (exact) mass is 216 g/mol. The molecule has 0 atom stereocenters. The highest BCUT2D eigenvalue weighted by Gasteiger charge is 2.17. The lowest BCUT2D eigenvalue weighted by Crippen LogP contribution is -1.87. The van der Waals surface area contributed by atoms with E-state index in [1.165, 1.54) is 6.26 Å². The van der Waals surface area contributed by atoms with Gasteiger partial charge in [0.05, 0.1) is 0 Å². The lowest BCUT2D eigenvalue weighted by Gasteiger charge is -1.89. The van der Waals surface area contributed by atoms with Crippen LogP contribution in [0.4, 0.5) is 0 Å². The second-order valence-corrected chi connectivity index (χ2v) is 5.01. The van der Waals surface area contributed by atoms with Crippen LogP contribution in [0.15, 0.2) is 40.0 Å². The van der Waals surface area contributed by atoms with Crippen molar-refractivity contribution >= 4 is 30.5 Å². The number of hydrogen-bond acceptors (Lipinski definition) is 3. The highest BCUT2D eigenvalue weighted by Crippen LogP contribution is 2.27. The molecule has 1 aromatic carbocycles. The van der Waals surface area contributed by atoms with Crippen molar-refractivity contribution in [3.05, 3.63) is 30.5 Å². The van der Waals surface area contributed by atoms with E-state index in [0.29, 0.717) is 5.39 Å². The maximum atomic E-state index is 11.0. The van der Waals surface area contributed by atoms with E-state index in [1.807, 2.05) is 0 Å². The zero-order valence-corrected chi connectivity index (χ0v) is 7.97. The molecule has 0 unspecified atom stereocenters. The summed E-state index contributed by atoms with van der Waals surface area (Å²) >= 11 is 0. The Bertz CT molecular complexity index is 541. The molecule has 0 aliphatic rings. The predicted molar refractivity (Wildman–Crippen MR) is 49.3 cm³/mol. The SMILES string of the molecule is O=S(=O)(Cl)c1occ2ccccc12. The molecule has 0 N–H and O–H groups in total. The fourth-order valence-corrected chi connectivity index (χ4v) is 2.13. The number of fused-ring (bicyclic) bond motifs is 1. The number of benzene rings is 1. The molecule has 0 saturated heterocycles. The average Bonchev–Trinajstić information content (AvgIpc) is 2.45. The van der Waals surface area contributed by atoms with Crippen LogP contribution in [0.2, 0.25) is 0 Å². The van der Waals surface area contributed by atoms with Crippen LogP contribution in [0.25, 0.3) is 10.8 Å². The predicted octanol–water partition coefficient (Wildman–Crippen LogP) is 2.36. The Labute approximate surface area is 79.3 Å². The first-order valence-corrected chi connectivity index (χ1v) is 5.81. The van der Waals surface area contributed by atoms with E-state index in [2.05, 4.69) is 0 Å². The van der Waals surface area contributed by atoms with Gasteiger partial charge in [0, 0.05) is 21.5 Å². The zero-order valence-electron chi connectivity index (χ0n) is 6.40. The summed E-state index contributed by atoms with van der Waals surface area (Å²) in [4.78, 5) is 0. The van der Waals surface area contributed by atoms with Gasteiger partial charge in [-0.3, -0.25) is 0 Å². The molecule has 5 heteroatoms. The lowest BCUT2D eigenvalue weighted by atomic mass is 10.2. The van der Waals surface area contributed by atoms with Gasteiger partial charge in [-0.1, -0.05) is 18.2 Å². The molecule has 0 amide bonds. The molecule has 3 nitrogen and oxygen atoms in total. The van der Waals surface area contributed by atoms with Gasteiger partial charge >= 0.3 is 0 Å². The van der Waals surface area contributed by atoms with Crippen molar-refractivity contribution < 1.29 is 12.8 Å². The molecule has 13 heavy (non-hydrogen) atoms. The summed E-state index contributed by atoms with van der Waals surface area (Å²) in [5, 5.41) is 1.05. The number of furan rings is 1. The Morgan fingerprint density at radius 3 is 2.62 bits per heavy atom. The fourth-order valence-electron chi connectivity index (χ4n) is 1.15. The van der Waals surface area contributed by atoms with Crippen molar-refractivity contribution in [1.82, 2.24) is 0 Å². The van der Waals surface area contributed by atoms with Crippen molar-refractivity contribution in [1.29, 1.82) is 0 Å². The minimum Gasteiger partial charge on any atom is -0.451 e. The van der Waals surface area contributed by atoms with Crippen LogP contribution in [0.1, 0.15) is 0 Å². The number of rotatable bonds is 1. The summed E-state index contributed by atoms with van der Waals surface area (Å²) in [6, 6.07) is 6.92. The Morgan fingerprint density at radius 1 is 1.23 bits per heavy atom. The first-order chi connectivity index (χ1) is 6.09. The van der Waals surface area contributed by atoms with Crippen molar-refractivity contribution in [2.24, 2.45) is 0 Å². The van der Waals surface area contributed by atoms with E-state index in [4.69, 9.17) is 15.1 Å². The van der Waals surface area contributed by atoms with Crippen LogP contribution in [-0.4, -0.2) is 8.42 Å². The molecular formula is C8H5ClO3S. The Hall–Kier alpha value is -1.00. The van der Waals surface area contributed by atoms with Gasteiger partial charge in [0.2, 0.25) is 5.09 Å². The first kappa shape index (κ1) is 8.59. The lowest BCUT2D eigenvalue weighted by molar-refractivity contribution is 0.461. The van der Waals surface area contributed by atoms with Crippen LogP contribution < -0.4 is 0 Å². The minimum absolute atomic E-state index is 0.190. The topological polar surface area (TPSA) is 47.3 Å². The molecule has 2 rings (SSSR count). The third kappa shape index (κ3) is 1.43. The highest BCUT2D eigenvalue weighted by molar-refractivity contribution is 8.13. The molecule has 0 fully saturated rings. The quantitative estimate of drug-likeness (QED) is 0.688. The van der Waals surface area contributed by atoms with Crippen LogP contribution in [-0.2, 0) is 9.05 Å². The van der Waals surface area contributed by atoms with Crippen molar-refractivity contribution in [3.8, 4) is 0 Å². The van der Waals surface area contributed by atoms with Gasteiger partial charge in [-0.15, -0.1) is 0 Å². The molecule has 0 radical (unpaired) electrons. The number of halogens is 1. The molecule has 1 heterocycles. The molecule has 0 spiro atoms. The third-order valence-corrected chi connectivity index (χ3v) is 2.87. The van der Waals surface area contributed by atoms with E-state index >= 15 is 0 Å². The van der Waals surface area contributed by atoms with Crippen molar-refractivity contribution in [2.75, 3.05) is 0 Å². The van der Waals surface area contributed by atoms with Crippen LogP contribution in [0.5, 0.6) is 0 Å². The second kappa shape index (κ2) is 2.75. The van der Waals surface area contributed by atoms with Gasteiger partial charge in [0.15, 0.2) is 0 Å². The van der Waals surface area contributed by atoms with Crippen molar-refractivity contribution in [3.63, 3.8) is 0 Å². The van der Waals surface area contributed by atoms with Gasteiger partial charge in [-0.25, -0.2) is 8.42 Å². The molecule has 2 aromatic rings. The normalized spacial score (nSPS) is 12.1. The van der Waals surface area contributed by atoms with Gasteiger partial charge < -0.3 is 4.42 Å². The Kier molecular flexibility index (Phi) is 1.82. The van der Waals surface area contributed by atoms with Crippen molar-refractivity contribution in [2.45, 2.75) is 5.09 Å². The van der Waals surface area contributed by atoms with E-state index in [0.717, 1.165) is 5.39 Å². The van der Waals surface area contributed by atoms with Gasteiger partial charge in [0.1, 0.15) is 6.26 Å². The maximum Gasteiger partial charge on any atom is 0.295 e. The largest absolute Gasteiger partial charge is 0.451 e. The standard InChI is InChI=1S/C8H5ClO3S/c9-13(10,11)8-7-4-2-1-3-6(7)5-12-8/h1-5H. The maximum absolute atomic E-state index is 11.0. The molecule has 0 aliphatic heterocycles. The van der Waals surface area contributed by atoms with Crippen LogP contribution in [0.3, 0.4) is 0 Å². The second-order valence-electron chi connectivity index (χ2n) is 2.55. The van der Waals surface area contributed by atoms with Gasteiger partial charge in [-0.05, 0) is 6.07 Å². The zero-order chi connectivity index (χ0) is 9.47. The molecule has 0 aliphatic carbocycles. The summed E-state index contributed by atoms with van der Waals surface area (Å²) in [6.07, 6.45) is 1.37. The third-order valence-electron chi connectivity index (χ3n) is 1.70. The average molecular weight is 217 g/mol. The van der Waals surface area contributed by atoms with E-state index in [-0.39, 0.29) is 5.09 Å².